The molecule has 184 valence electrons. The van der Waals surface area contributed by atoms with Gasteiger partial charge in [0.2, 0.25) is 4.87 Å². The van der Waals surface area contributed by atoms with E-state index in [1.807, 2.05) is 20.1 Å². The Bertz CT molecular complexity index is 912. The van der Waals surface area contributed by atoms with Crippen molar-refractivity contribution in [1.29, 1.82) is 0 Å². The molecular formula is C22H35N5O5S. The fourth-order valence-electron chi connectivity index (χ4n) is 5.83. The molecule has 0 radical (unpaired) electrons. The maximum Gasteiger partial charge on any atom is 0.305 e. The van der Waals surface area contributed by atoms with Crippen LogP contribution in [0.2, 0.25) is 0 Å². The van der Waals surface area contributed by atoms with Crippen LogP contribution in [-0.2, 0) is 14.3 Å². The van der Waals surface area contributed by atoms with Gasteiger partial charge in [-0.15, -0.1) is 11.8 Å². The summed E-state index contributed by atoms with van der Waals surface area (Å²) in [6.45, 7) is 7.62. The van der Waals surface area contributed by atoms with Crippen molar-refractivity contribution in [2.45, 2.75) is 93.9 Å². The number of aliphatic hydroxyl groups is 2. The zero-order chi connectivity index (χ0) is 24.3. The highest BCUT2D eigenvalue weighted by molar-refractivity contribution is 8.00. The monoisotopic (exact) mass is 481 g/mol. The molecule has 33 heavy (non-hydrogen) atoms. The maximum absolute atomic E-state index is 11.6. The van der Waals surface area contributed by atoms with E-state index in [1.165, 1.54) is 18.1 Å². The summed E-state index contributed by atoms with van der Waals surface area (Å²) in [4.78, 5) is 26.1. The van der Waals surface area contributed by atoms with Crippen LogP contribution in [0.3, 0.4) is 0 Å². The quantitative estimate of drug-likeness (QED) is 0.330. The molecule has 4 rings (SSSR count). The smallest absolute Gasteiger partial charge is 0.305 e. The second kappa shape index (κ2) is 8.01. The number of hydrogen-bond acceptors (Lipinski definition) is 11. The van der Waals surface area contributed by atoms with Crippen LogP contribution in [0, 0.1) is 5.41 Å². The van der Waals surface area contributed by atoms with Crippen molar-refractivity contribution in [1.82, 2.24) is 4.90 Å². The Morgan fingerprint density at radius 2 is 2.00 bits per heavy atom. The number of fused-ring (bicyclic) bond motifs is 2. The van der Waals surface area contributed by atoms with Crippen molar-refractivity contribution < 1.29 is 24.5 Å². The predicted octanol–water partition coefficient (Wildman–Crippen LogP) is 1.25. The van der Waals surface area contributed by atoms with E-state index in [1.54, 1.807) is 25.1 Å². The zero-order valence-electron chi connectivity index (χ0n) is 19.9. The van der Waals surface area contributed by atoms with Crippen molar-refractivity contribution in [3.63, 3.8) is 0 Å². The fourth-order valence-corrected chi connectivity index (χ4v) is 6.83. The van der Waals surface area contributed by atoms with E-state index in [4.69, 9.17) is 20.2 Å². The summed E-state index contributed by atoms with van der Waals surface area (Å²) in [6, 6.07) is 0. The molecule has 0 aromatic carbocycles. The topological polar surface area (TPSA) is 142 Å². The number of esters is 1. The number of unbranched alkanes of at least 4 members (excludes halogenated alkanes) is 2. The zero-order valence-corrected chi connectivity index (χ0v) is 20.8. The summed E-state index contributed by atoms with van der Waals surface area (Å²) in [6.07, 6.45) is 6.75. The molecule has 0 bridgehead atoms. The van der Waals surface area contributed by atoms with Crippen LogP contribution < -0.4 is 5.73 Å². The van der Waals surface area contributed by atoms with E-state index in [2.05, 4.69) is 9.98 Å². The molecular weight excluding hydrogens is 446 g/mol. The van der Waals surface area contributed by atoms with E-state index < -0.39 is 39.5 Å². The Morgan fingerprint density at radius 1 is 1.27 bits per heavy atom. The maximum atomic E-state index is 11.6. The standard InChI is InChI=1S/C22H35N5O5S/c1-6-31-15(28)10-8-7-9-11-19(23)22(33-5)16(24-12-25-19)27(13-26-22)17-21(30)18(3,4)20(21,29)14(2)32-17/h12-14,17,29-30H,6-11,23H2,1-5H3/t14-,17-,19?,20-,21+,22?/m1/s1. The van der Waals surface area contributed by atoms with Crippen molar-refractivity contribution in [2.75, 3.05) is 12.9 Å². The minimum absolute atomic E-state index is 0.187. The third kappa shape index (κ3) is 3.02. The SMILES string of the molecule is CCOC(=O)CCCCCC1(N)N=CN=C2N([C@@H]3O[C@H](C)[C@@]4(O)C(C)(C)[C@@]34O)C=NC21SC. The van der Waals surface area contributed by atoms with Crippen LogP contribution in [0.4, 0.5) is 0 Å². The van der Waals surface area contributed by atoms with Gasteiger partial charge >= 0.3 is 5.97 Å². The molecule has 3 aliphatic heterocycles. The summed E-state index contributed by atoms with van der Waals surface area (Å²) >= 11 is 1.44. The molecule has 0 amide bonds. The first-order chi connectivity index (χ1) is 15.5. The number of nitrogens with zero attached hydrogens (tertiary/aromatic N) is 4. The Hall–Kier alpha value is -1.53. The number of aliphatic imine (C=N–C) groups is 3. The van der Waals surface area contributed by atoms with Crippen molar-refractivity contribution in [2.24, 2.45) is 26.1 Å². The molecule has 3 heterocycles. The fraction of sp³-hybridized carbons (Fsp3) is 0.818. The molecule has 11 heteroatoms. The lowest BCUT2D eigenvalue weighted by Crippen LogP contribution is -2.64. The summed E-state index contributed by atoms with van der Waals surface area (Å²) in [5, 5.41) is 22.6. The van der Waals surface area contributed by atoms with Gasteiger partial charge in [-0.3, -0.25) is 9.69 Å². The van der Waals surface area contributed by atoms with Gasteiger partial charge in [0.15, 0.2) is 17.7 Å². The number of ether oxygens (including phenoxy) is 2. The minimum atomic E-state index is -1.47. The third-order valence-corrected chi connectivity index (χ3v) is 9.19. The summed E-state index contributed by atoms with van der Waals surface area (Å²) in [5.74, 6) is 0.352. The molecule has 2 fully saturated rings. The summed E-state index contributed by atoms with van der Waals surface area (Å²) in [5.41, 5.74) is 2.21. The van der Waals surface area contributed by atoms with Gasteiger partial charge in [0.1, 0.15) is 17.5 Å². The number of carbonyl (C=O) groups is 1. The van der Waals surface area contributed by atoms with Gasteiger partial charge < -0.3 is 25.4 Å². The van der Waals surface area contributed by atoms with Crippen LogP contribution in [0.5, 0.6) is 0 Å². The highest BCUT2D eigenvalue weighted by Gasteiger charge is 2.92. The van der Waals surface area contributed by atoms with E-state index in [0.29, 0.717) is 25.3 Å². The van der Waals surface area contributed by atoms with Gasteiger partial charge in [0.25, 0.3) is 0 Å². The molecule has 2 unspecified atom stereocenters. The Balaban J connectivity index is 1.49. The molecule has 10 nitrogen and oxygen atoms in total. The average molecular weight is 482 g/mol. The van der Waals surface area contributed by atoms with Gasteiger partial charge in [-0.25, -0.2) is 15.0 Å². The van der Waals surface area contributed by atoms with Gasteiger partial charge in [-0.1, -0.05) is 20.3 Å². The summed E-state index contributed by atoms with van der Waals surface area (Å²) < 4.78 is 11.0. The second-order valence-electron chi connectivity index (χ2n) is 9.78. The molecule has 4 N–H and O–H groups in total. The third-order valence-electron chi connectivity index (χ3n) is 7.96. The second-order valence-corrected chi connectivity index (χ2v) is 10.8. The molecule has 1 saturated heterocycles. The molecule has 1 saturated carbocycles. The van der Waals surface area contributed by atoms with Crippen molar-refractivity contribution >= 4 is 36.2 Å². The lowest BCUT2D eigenvalue weighted by Gasteiger charge is -2.43. The Labute approximate surface area is 198 Å². The predicted molar refractivity (Wildman–Crippen MR) is 127 cm³/mol. The first kappa shape index (κ1) is 24.6. The average Bonchev–Trinajstić information content (AvgIpc) is 3.07. The van der Waals surface area contributed by atoms with E-state index in [9.17, 15) is 15.0 Å². The number of amidine groups is 1. The summed E-state index contributed by atoms with van der Waals surface area (Å²) in [7, 11) is 0. The molecule has 6 atom stereocenters. The van der Waals surface area contributed by atoms with Crippen LogP contribution in [0.1, 0.15) is 59.8 Å². The van der Waals surface area contributed by atoms with E-state index >= 15 is 0 Å². The highest BCUT2D eigenvalue weighted by atomic mass is 32.2. The van der Waals surface area contributed by atoms with E-state index in [0.717, 1.165) is 19.3 Å². The number of rotatable bonds is 9. The Morgan fingerprint density at radius 3 is 2.61 bits per heavy atom. The molecule has 1 aliphatic carbocycles. The number of hydrogen-bond donors (Lipinski definition) is 3. The largest absolute Gasteiger partial charge is 0.466 e. The van der Waals surface area contributed by atoms with Crippen LogP contribution in [0.15, 0.2) is 15.0 Å². The van der Waals surface area contributed by atoms with E-state index in [-0.39, 0.29) is 5.97 Å². The number of carbonyl (C=O) groups excluding carboxylic acids is 1. The molecule has 0 aromatic rings. The Kier molecular flexibility index (Phi) is 5.97. The molecule has 0 aromatic heterocycles. The lowest BCUT2D eigenvalue weighted by molar-refractivity contribution is -0.143. The van der Waals surface area contributed by atoms with Gasteiger partial charge in [0.05, 0.1) is 19.0 Å². The van der Waals surface area contributed by atoms with Gasteiger partial charge in [-0.05, 0) is 39.4 Å². The molecule has 4 aliphatic rings. The van der Waals surface area contributed by atoms with Crippen molar-refractivity contribution in [3.05, 3.63) is 0 Å². The van der Waals surface area contributed by atoms with Gasteiger partial charge in [0, 0.05) is 11.8 Å². The van der Waals surface area contributed by atoms with Crippen molar-refractivity contribution in [3.8, 4) is 0 Å². The van der Waals surface area contributed by atoms with Crippen LogP contribution in [-0.4, -0.2) is 86.5 Å². The van der Waals surface area contributed by atoms with Gasteiger partial charge in [-0.2, -0.15) is 0 Å². The highest BCUT2D eigenvalue weighted by Crippen LogP contribution is 2.73. The lowest BCUT2D eigenvalue weighted by atomic mass is 9.92. The van der Waals surface area contributed by atoms with Crippen LogP contribution in [0.25, 0.3) is 0 Å². The molecule has 0 spiro atoms. The first-order valence-electron chi connectivity index (χ1n) is 11.5. The normalized spacial score (nSPS) is 42.2. The minimum Gasteiger partial charge on any atom is -0.466 e. The first-order valence-corrected chi connectivity index (χ1v) is 12.7. The number of thioether (sulfide) groups is 1. The van der Waals surface area contributed by atoms with Crippen LogP contribution >= 0.6 is 11.8 Å². The number of nitrogens with two attached hydrogens (primary N) is 1.